The summed E-state index contributed by atoms with van der Waals surface area (Å²) < 4.78 is 10.9. The largest absolute Gasteiger partial charge is 0.496 e. The van der Waals surface area contributed by atoms with Gasteiger partial charge in [0.15, 0.2) is 0 Å². The van der Waals surface area contributed by atoms with Crippen molar-refractivity contribution in [1.29, 1.82) is 0 Å². The lowest BCUT2D eigenvalue weighted by Gasteiger charge is -2.34. The molecule has 100 valence electrons. The molecule has 1 fully saturated rings. The number of nitrogens with two attached hydrogens (primary N) is 1. The van der Waals surface area contributed by atoms with Gasteiger partial charge in [-0.05, 0) is 13.0 Å². The second-order valence-corrected chi connectivity index (χ2v) is 4.65. The Labute approximate surface area is 109 Å². The van der Waals surface area contributed by atoms with Gasteiger partial charge in [0.25, 0.3) is 0 Å². The number of methoxy groups -OCH3 is 1. The Morgan fingerprint density at radius 1 is 1.39 bits per heavy atom. The van der Waals surface area contributed by atoms with Crippen LogP contribution in [0.25, 0.3) is 0 Å². The molecule has 1 unspecified atom stereocenters. The van der Waals surface area contributed by atoms with Gasteiger partial charge in [-0.1, -0.05) is 17.7 Å². The third kappa shape index (κ3) is 2.83. The number of morpholine rings is 1. The Hall–Kier alpha value is -1.10. The molecule has 1 aromatic rings. The van der Waals surface area contributed by atoms with Crippen molar-refractivity contribution < 1.29 is 9.47 Å². The maximum atomic E-state index is 5.97. The van der Waals surface area contributed by atoms with E-state index >= 15 is 0 Å². The third-order valence-electron chi connectivity index (χ3n) is 3.45. The lowest BCUT2D eigenvalue weighted by atomic mass is 10.0. The number of ether oxygens (including phenoxy) is 2. The van der Waals surface area contributed by atoms with Gasteiger partial charge in [-0.15, -0.1) is 0 Å². The highest BCUT2D eigenvalue weighted by atomic mass is 16.5. The van der Waals surface area contributed by atoms with Gasteiger partial charge in [-0.25, -0.2) is 0 Å². The molecule has 0 aromatic heterocycles. The molecule has 18 heavy (non-hydrogen) atoms. The van der Waals surface area contributed by atoms with Gasteiger partial charge >= 0.3 is 0 Å². The van der Waals surface area contributed by atoms with Crippen LogP contribution in [-0.2, 0) is 4.74 Å². The summed E-state index contributed by atoms with van der Waals surface area (Å²) in [5.74, 6) is 0.919. The van der Waals surface area contributed by atoms with E-state index in [9.17, 15) is 0 Å². The summed E-state index contributed by atoms with van der Waals surface area (Å²) >= 11 is 0. The van der Waals surface area contributed by atoms with E-state index in [1.165, 1.54) is 11.1 Å². The molecule has 4 heteroatoms. The van der Waals surface area contributed by atoms with E-state index in [4.69, 9.17) is 15.2 Å². The van der Waals surface area contributed by atoms with Gasteiger partial charge in [0, 0.05) is 25.2 Å². The summed E-state index contributed by atoms with van der Waals surface area (Å²) in [4.78, 5) is 2.38. The molecule has 2 N–H and O–H groups in total. The molecule has 1 aromatic carbocycles. The van der Waals surface area contributed by atoms with Gasteiger partial charge in [-0.2, -0.15) is 0 Å². The van der Waals surface area contributed by atoms with Crippen LogP contribution in [-0.4, -0.2) is 44.9 Å². The summed E-state index contributed by atoms with van der Waals surface area (Å²) in [6.07, 6.45) is 0. The van der Waals surface area contributed by atoms with Crippen molar-refractivity contribution in [2.24, 2.45) is 5.73 Å². The predicted octanol–water partition coefficient (Wildman–Crippen LogP) is 1.34. The molecule has 0 radical (unpaired) electrons. The fourth-order valence-corrected chi connectivity index (χ4v) is 2.48. The number of nitrogens with zero attached hydrogens (tertiary/aromatic N) is 1. The minimum Gasteiger partial charge on any atom is -0.496 e. The molecule has 0 bridgehead atoms. The minimum absolute atomic E-state index is 0.212. The van der Waals surface area contributed by atoms with Crippen molar-refractivity contribution in [3.8, 4) is 5.75 Å². The van der Waals surface area contributed by atoms with Crippen molar-refractivity contribution in [3.63, 3.8) is 0 Å². The average Bonchev–Trinajstić information content (AvgIpc) is 2.41. The number of rotatable bonds is 4. The molecular formula is C14H22N2O2. The standard InChI is InChI=1S/C14H22N2O2/c1-11-3-4-14(17-2)12(9-11)13(10-15)16-5-7-18-8-6-16/h3-4,9,13H,5-8,10,15H2,1-2H3. The topological polar surface area (TPSA) is 47.7 Å². The van der Waals surface area contributed by atoms with Crippen molar-refractivity contribution >= 4 is 0 Å². The van der Waals surface area contributed by atoms with E-state index in [1.807, 2.05) is 6.07 Å². The molecule has 1 aliphatic rings. The van der Waals surface area contributed by atoms with Gasteiger partial charge < -0.3 is 15.2 Å². The number of hydrogen-bond acceptors (Lipinski definition) is 4. The van der Waals surface area contributed by atoms with Crippen LogP contribution in [0.3, 0.4) is 0 Å². The van der Waals surface area contributed by atoms with Crippen LogP contribution in [0.15, 0.2) is 18.2 Å². The summed E-state index contributed by atoms with van der Waals surface area (Å²) in [5, 5.41) is 0. The first-order valence-electron chi connectivity index (χ1n) is 6.42. The minimum atomic E-state index is 0.212. The zero-order chi connectivity index (χ0) is 13.0. The molecule has 0 saturated carbocycles. The van der Waals surface area contributed by atoms with Crippen molar-refractivity contribution in [2.45, 2.75) is 13.0 Å². The second kappa shape index (κ2) is 6.18. The summed E-state index contributed by atoms with van der Waals surface area (Å²) in [7, 11) is 1.71. The van der Waals surface area contributed by atoms with E-state index in [0.29, 0.717) is 6.54 Å². The van der Waals surface area contributed by atoms with Crippen LogP contribution >= 0.6 is 0 Å². The first-order chi connectivity index (χ1) is 8.76. The quantitative estimate of drug-likeness (QED) is 0.876. The maximum Gasteiger partial charge on any atom is 0.123 e. The van der Waals surface area contributed by atoms with Gasteiger partial charge in [0.05, 0.1) is 26.4 Å². The van der Waals surface area contributed by atoms with E-state index in [-0.39, 0.29) is 6.04 Å². The first kappa shape index (κ1) is 13.3. The first-order valence-corrected chi connectivity index (χ1v) is 6.42. The molecule has 1 saturated heterocycles. The fraction of sp³-hybridized carbons (Fsp3) is 0.571. The molecule has 1 aliphatic heterocycles. The lowest BCUT2D eigenvalue weighted by molar-refractivity contribution is 0.0174. The average molecular weight is 250 g/mol. The van der Waals surface area contributed by atoms with Crippen LogP contribution in [0.2, 0.25) is 0 Å². The molecule has 0 aliphatic carbocycles. The van der Waals surface area contributed by atoms with E-state index in [1.54, 1.807) is 7.11 Å². The summed E-state index contributed by atoms with van der Waals surface area (Å²) in [5.41, 5.74) is 8.39. The van der Waals surface area contributed by atoms with Gasteiger partial charge in [0.1, 0.15) is 5.75 Å². The lowest BCUT2D eigenvalue weighted by Crippen LogP contribution is -2.41. The number of benzene rings is 1. The zero-order valence-electron chi connectivity index (χ0n) is 11.2. The number of hydrogen-bond donors (Lipinski definition) is 1. The highest BCUT2D eigenvalue weighted by Gasteiger charge is 2.23. The highest BCUT2D eigenvalue weighted by molar-refractivity contribution is 5.39. The Kier molecular flexibility index (Phi) is 4.58. The Bertz CT molecular complexity index is 389. The Morgan fingerprint density at radius 2 is 2.11 bits per heavy atom. The van der Waals surface area contributed by atoms with Crippen molar-refractivity contribution in [2.75, 3.05) is 40.0 Å². The Morgan fingerprint density at radius 3 is 2.72 bits per heavy atom. The fourth-order valence-electron chi connectivity index (χ4n) is 2.48. The maximum absolute atomic E-state index is 5.97. The van der Waals surface area contributed by atoms with Gasteiger partial charge in [-0.3, -0.25) is 4.90 Å². The summed E-state index contributed by atoms with van der Waals surface area (Å²) in [6.45, 7) is 6.11. The monoisotopic (exact) mass is 250 g/mol. The second-order valence-electron chi connectivity index (χ2n) is 4.65. The zero-order valence-corrected chi connectivity index (χ0v) is 11.2. The number of aryl methyl sites for hydroxylation is 1. The summed E-state index contributed by atoms with van der Waals surface area (Å²) in [6, 6.07) is 6.47. The van der Waals surface area contributed by atoms with E-state index < -0.39 is 0 Å². The van der Waals surface area contributed by atoms with Crippen LogP contribution in [0.4, 0.5) is 0 Å². The molecule has 0 spiro atoms. The van der Waals surface area contributed by atoms with Crippen LogP contribution in [0.5, 0.6) is 5.75 Å². The molecular weight excluding hydrogens is 228 g/mol. The molecule has 2 rings (SSSR count). The van der Waals surface area contributed by atoms with Crippen LogP contribution in [0, 0.1) is 6.92 Å². The molecule has 1 heterocycles. The molecule has 1 atom stereocenters. The molecule has 4 nitrogen and oxygen atoms in total. The van der Waals surface area contributed by atoms with Crippen molar-refractivity contribution in [1.82, 2.24) is 4.90 Å². The van der Waals surface area contributed by atoms with Crippen molar-refractivity contribution in [3.05, 3.63) is 29.3 Å². The van der Waals surface area contributed by atoms with Crippen LogP contribution in [0.1, 0.15) is 17.2 Å². The van der Waals surface area contributed by atoms with Gasteiger partial charge in [0.2, 0.25) is 0 Å². The molecule has 0 amide bonds. The predicted molar refractivity (Wildman–Crippen MR) is 71.9 cm³/mol. The van der Waals surface area contributed by atoms with E-state index in [2.05, 4.69) is 24.0 Å². The van der Waals surface area contributed by atoms with Crippen LogP contribution < -0.4 is 10.5 Å². The smallest absolute Gasteiger partial charge is 0.123 e. The Balaban J connectivity index is 2.27. The highest BCUT2D eigenvalue weighted by Crippen LogP contribution is 2.30. The third-order valence-corrected chi connectivity index (χ3v) is 3.45. The normalized spacial score (nSPS) is 18.6. The van der Waals surface area contributed by atoms with E-state index in [0.717, 1.165) is 32.1 Å². The SMILES string of the molecule is COc1ccc(C)cc1C(CN)N1CCOCC1.